The molecule has 1 aromatic carbocycles. The molecule has 0 aromatic heterocycles. The van der Waals surface area contributed by atoms with Crippen LogP contribution in [0, 0.1) is 0 Å². The highest BCUT2D eigenvalue weighted by atomic mass is 16.5. The van der Waals surface area contributed by atoms with Gasteiger partial charge in [0.05, 0.1) is 12.2 Å². The van der Waals surface area contributed by atoms with Crippen LogP contribution in [0.15, 0.2) is 24.3 Å². The molecule has 0 saturated carbocycles. The van der Waals surface area contributed by atoms with Gasteiger partial charge in [-0.05, 0) is 13.0 Å². The van der Waals surface area contributed by atoms with Crippen LogP contribution in [0.1, 0.15) is 27.6 Å². The number of imide groups is 1. The second kappa shape index (κ2) is 5.65. The van der Waals surface area contributed by atoms with Gasteiger partial charge >= 0.3 is 6.09 Å². The molecule has 1 aromatic rings. The molecule has 1 rings (SSSR count). The van der Waals surface area contributed by atoms with E-state index in [0.717, 1.165) is 0 Å². The van der Waals surface area contributed by atoms with Crippen molar-refractivity contribution < 1.29 is 19.1 Å². The summed E-state index contributed by atoms with van der Waals surface area (Å²) in [4.78, 5) is 33.2. The lowest BCUT2D eigenvalue weighted by Crippen LogP contribution is -2.31. The number of alkyl carbamates (subject to hydrolysis) is 1. The number of amides is 2. The van der Waals surface area contributed by atoms with E-state index in [2.05, 4.69) is 4.74 Å². The average Bonchev–Trinajstić information content (AvgIpc) is 2.29. The zero-order valence-corrected chi connectivity index (χ0v) is 8.73. The zero-order chi connectivity index (χ0) is 12.0. The van der Waals surface area contributed by atoms with Crippen LogP contribution in [-0.2, 0) is 4.74 Å². The van der Waals surface area contributed by atoms with E-state index < -0.39 is 12.0 Å². The lowest BCUT2D eigenvalue weighted by atomic mass is 10.1. The lowest BCUT2D eigenvalue weighted by Gasteiger charge is -2.05. The first-order chi connectivity index (χ1) is 7.69. The molecule has 0 atom stereocenters. The second-order valence-electron chi connectivity index (χ2n) is 2.88. The molecule has 0 heterocycles. The number of hydrogen-bond acceptors (Lipinski definition) is 4. The molecule has 84 valence electrons. The third-order valence-electron chi connectivity index (χ3n) is 1.82. The van der Waals surface area contributed by atoms with Gasteiger partial charge in [0.25, 0.3) is 5.91 Å². The van der Waals surface area contributed by atoms with Gasteiger partial charge < -0.3 is 4.74 Å². The van der Waals surface area contributed by atoms with Crippen molar-refractivity contribution in [2.75, 3.05) is 6.61 Å². The number of hydrogen-bond donors (Lipinski definition) is 1. The van der Waals surface area contributed by atoms with Gasteiger partial charge in [0.1, 0.15) is 0 Å². The summed E-state index contributed by atoms with van der Waals surface area (Å²) in [5, 5.41) is 2.01. The molecule has 0 fully saturated rings. The summed E-state index contributed by atoms with van der Waals surface area (Å²) < 4.78 is 4.55. The van der Waals surface area contributed by atoms with Crippen molar-refractivity contribution in [1.82, 2.24) is 5.32 Å². The first-order valence-electron chi connectivity index (χ1n) is 4.71. The fraction of sp³-hybridized carbons (Fsp3) is 0.182. The second-order valence-corrected chi connectivity index (χ2v) is 2.88. The summed E-state index contributed by atoms with van der Waals surface area (Å²) in [6.45, 7) is 1.80. The van der Waals surface area contributed by atoms with Crippen molar-refractivity contribution in [3.05, 3.63) is 35.4 Å². The Morgan fingerprint density at radius 3 is 2.69 bits per heavy atom. The Morgan fingerprint density at radius 2 is 2.06 bits per heavy atom. The number of carbonyl (C=O) groups is 3. The molecule has 0 saturated heterocycles. The predicted octanol–water partition coefficient (Wildman–Crippen LogP) is 1.39. The minimum atomic E-state index is -0.826. The number of benzene rings is 1. The van der Waals surface area contributed by atoms with Gasteiger partial charge in [0.2, 0.25) is 0 Å². The summed E-state index contributed by atoms with van der Waals surface area (Å²) in [7, 11) is 0. The molecule has 1 N–H and O–H groups in total. The van der Waals surface area contributed by atoms with Crippen molar-refractivity contribution in [2.24, 2.45) is 0 Å². The quantitative estimate of drug-likeness (QED) is 0.783. The van der Waals surface area contributed by atoms with Crippen LogP contribution >= 0.6 is 0 Å². The maximum Gasteiger partial charge on any atom is 0.414 e. The molecule has 5 heteroatoms. The van der Waals surface area contributed by atoms with Gasteiger partial charge in [-0.1, -0.05) is 18.2 Å². The van der Waals surface area contributed by atoms with Gasteiger partial charge in [-0.15, -0.1) is 0 Å². The fourth-order valence-corrected chi connectivity index (χ4v) is 1.13. The molecule has 16 heavy (non-hydrogen) atoms. The molecule has 0 unspecified atom stereocenters. The van der Waals surface area contributed by atoms with Crippen LogP contribution in [0.25, 0.3) is 0 Å². The molecular formula is C11H11NO4. The smallest absolute Gasteiger partial charge is 0.414 e. The first kappa shape index (κ1) is 11.9. The molecular weight excluding hydrogens is 210 g/mol. The Labute approximate surface area is 92.4 Å². The molecule has 0 aliphatic carbocycles. The summed E-state index contributed by atoms with van der Waals surface area (Å²) in [5.74, 6) is -0.652. The Morgan fingerprint density at radius 1 is 1.38 bits per heavy atom. The molecule has 0 spiro atoms. The van der Waals surface area contributed by atoms with E-state index in [1.54, 1.807) is 19.1 Å². The number of nitrogens with one attached hydrogen (secondary N) is 1. The van der Waals surface area contributed by atoms with E-state index in [1.165, 1.54) is 12.1 Å². The molecule has 2 amide bonds. The maximum absolute atomic E-state index is 11.5. The third kappa shape index (κ3) is 2.91. The van der Waals surface area contributed by atoms with Crippen LogP contribution in [-0.4, -0.2) is 24.9 Å². The van der Waals surface area contributed by atoms with Crippen LogP contribution < -0.4 is 5.32 Å². The Balaban J connectivity index is 2.80. The Bertz CT molecular complexity index is 414. The van der Waals surface area contributed by atoms with E-state index in [9.17, 15) is 14.4 Å². The van der Waals surface area contributed by atoms with Crippen molar-refractivity contribution >= 4 is 18.3 Å². The van der Waals surface area contributed by atoms with Crippen molar-refractivity contribution in [2.45, 2.75) is 6.92 Å². The third-order valence-corrected chi connectivity index (χ3v) is 1.82. The van der Waals surface area contributed by atoms with Gasteiger partial charge in [-0.2, -0.15) is 0 Å². The summed E-state index contributed by atoms with van der Waals surface area (Å²) in [5.41, 5.74) is 0.370. The highest BCUT2D eigenvalue weighted by Crippen LogP contribution is 2.05. The SMILES string of the molecule is CCOC(=O)NC(=O)c1ccccc1C=O. The van der Waals surface area contributed by atoms with E-state index >= 15 is 0 Å². The van der Waals surface area contributed by atoms with Gasteiger partial charge in [-0.25, -0.2) is 4.79 Å². The predicted molar refractivity (Wildman–Crippen MR) is 56.3 cm³/mol. The van der Waals surface area contributed by atoms with Gasteiger partial charge in [0.15, 0.2) is 6.29 Å². The van der Waals surface area contributed by atoms with Crippen LogP contribution in [0.5, 0.6) is 0 Å². The van der Waals surface area contributed by atoms with E-state index in [1.807, 2.05) is 5.32 Å². The van der Waals surface area contributed by atoms with Gasteiger partial charge in [0, 0.05) is 5.56 Å². The zero-order valence-electron chi connectivity index (χ0n) is 8.73. The maximum atomic E-state index is 11.5. The minimum absolute atomic E-state index is 0.144. The Hall–Kier alpha value is -2.17. The summed E-state index contributed by atoms with van der Waals surface area (Å²) in [6, 6.07) is 6.18. The van der Waals surface area contributed by atoms with E-state index in [-0.39, 0.29) is 17.7 Å². The molecule has 0 bridgehead atoms. The molecule has 0 aliphatic rings. The van der Waals surface area contributed by atoms with Crippen molar-refractivity contribution in [1.29, 1.82) is 0 Å². The van der Waals surface area contributed by atoms with Crippen molar-refractivity contribution in [3.63, 3.8) is 0 Å². The lowest BCUT2D eigenvalue weighted by molar-refractivity contribution is 0.0919. The molecule has 5 nitrogen and oxygen atoms in total. The van der Waals surface area contributed by atoms with Gasteiger partial charge in [-0.3, -0.25) is 14.9 Å². The summed E-state index contributed by atoms with van der Waals surface area (Å²) in [6.07, 6.45) is -0.270. The van der Waals surface area contributed by atoms with Crippen LogP contribution in [0.2, 0.25) is 0 Å². The topological polar surface area (TPSA) is 72.5 Å². The minimum Gasteiger partial charge on any atom is -0.450 e. The number of aldehydes is 1. The van der Waals surface area contributed by atoms with Crippen molar-refractivity contribution in [3.8, 4) is 0 Å². The first-order valence-corrected chi connectivity index (χ1v) is 4.71. The standard InChI is InChI=1S/C11H11NO4/c1-2-16-11(15)12-10(14)9-6-4-3-5-8(9)7-13/h3-7H,2H2,1H3,(H,12,14,15). The number of rotatable bonds is 3. The number of ether oxygens (including phenoxy) is 1. The largest absolute Gasteiger partial charge is 0.450 e. The normalized spacial score (nSPS) is 9.31. The highest BCUT2D eigenvalue weighted by Gasteiger charge is 2.13. The summed E-state index contributed by atoms with van der Waals surface area (Å²) >= 11 is 0. The highest BCUT2D eigenvalue weighted by molar-refractivity contribution is 6.07. The van der Waals surface area contributed by atoms with E-state index in [4.69, 9.17) is 0 Å². The molecule has 0 aliphatic heterocycles. The van der Waals surface area contributed by atoms with Crippen LogP contribution in [0.4, 0.5) is 4.79 Å². The molecule has 0 radical (unpaired) electrons. The average molecular weight is 221 g/mol. The number of carbonyl (C=O) groups excluding carboxylic acids is 3. The monoisotopic (exact) mass is 221 g/mol. The Kier molecular flexibility index (Phi) is 4.20. The van der Waals surface area contributed by atoms with E-state index in [0.29, 0.717) is 6.29 Å². The van der Waals surface area contributed by atoms with Crippen LogP contribution in [0.3, 0.4) is 0 Å². The fourth-order valence-electron chi connectivity index (χ4n) is 1.13.